The van der Waals surface area contributed by atoms with Gasteiger partial charge in [-0.15, -0.1) is 0 Å². The predicted octanol–water partition coefficient (Wildman–Crippen LogP) is 6.62. The highest BCUT2D eigenvalue weighted by Crippen LogP contribution is 2.26. The van der Waals surface area contributed by atoms with Gasteiger partial charge in [0.05, 0.1) is 40.8 Å². The Morgan fingerprint density at radius 2 is 1.08 bits per heavy atom. The molecule has 0 aliphatic rings. The van der Waals surface area contributed by atoms with Crippen LogP contribution in [0, 0.1) is 20.2 Å². The van der Waals surface area contributed by atoms with Gasteiger partial charge in [-0.25, -0.2) is 14.4 Å². The van der Waals surface area contributed by atoms with E-state index in [1.54, 1.807) is 55.1 Å². The zero-order valence-electron chi connectivity index (χ0n) is 25.7. The number of nitrogen functional groups attached to an aromatic ring is 1. The summed E-state index contributed by atoms with van der Waals surface area (Å²) in [6, 6.07) is 20.0. The van der Waals surface area contributed by atoms with E-state index in [1.165, 1.54) is 38.5 Å². The lowest BCUT2D eigenvalue weighted by Gasteiger charge is -2.06. The number of carboxylic acids is 1. The molecule has 0 spiro atoms. The molecular formula is C33H26BrN5O10. The Labute approximate surface area is 286 Å². The summed E-state index contributed by atoms with van der Waals surface area (Å²) < 4.78 is 9.64. The van der Waals surface area contributed by atoms with Gasteiger partial charge in [-0.2, -0.15) is 0 Å². The summed E-state index contributed by atoms with van der Waals surface area (Å²) in [5.41, 5.74) is 9.50. The average molecular weight is 733 g/mol. The molecule has 16 heteroatoms. The first-order valence-corrected chi connectivity index (χ1v) is 14.5. The fourth-order valence-corrected chi connectivity index (χ4v) is 4.55. The highest BCUT2D eigenvalue weighted by atomic mass is 79.9. The van der Waals surface area contributed by atoms with Crippen LogP contribution in [0.3, 0.4) is 0 Å². The van der Waals surface area contributed by atoms with Crippen LogP contribution in [0.5, 0.6) is 0 Å². The van der Waals surface area contributed by atoms with Crippen molar-refractivity contribution in [3.8, 4) is 22.3 Å². The number of nitro groups is 2. The van der Waals surface area contributed by atoms with Crippen molar-refractivity contribution in [3.63, 3.8) is 0 Å². The molecule has 0 radical (unpaired) electrons. The van der Waals surface area contributed by atoms with Crippen molar-refractivity contribution in [1.29, 1.82) is 0 Å². The van der Waals surface area contributed by atoms with Gasteiger partial charge in [0, 0.05) is 59.2 Å². The van der Waals surface area contributed by atoms with Crippen LogP contribution < -0.4 is 5.73 Å². The van der Waals surface area contributed by atoms with Crippen molar-refractivity contribution in [1.82, 2.24) is 9.97 Å². The van der Waals surface area contributed by atoms with Crippen molar-refractivity contribution in [2.24, 2.45) is 0 Å². The fraction of sp³-hybridized carbons (Fsp3) is 0.0606. The maximum atomic E-state index is 11.5. The molecule has 15 nitrogen and oxygen atoms in total. The third kappa shape index (κ3) is 10.8. The van der Waals surface area contributed by atoms with Crippen molar-refractivity contribution >= 4 is 50.9 Å². The molecule has 0 amide bonds. The topological polar surface area (TPSA) is 228 Å². The van der Waals surface area contributed by atoms with Gasteiger partial charge >= 0.3 is 17.9 Å². The Morgan fingerprint density at radius 1 is 0.653 bits per heavy atom. The number of carbonyl (C=O) groups excluding carboxylic acids is 2. The Bertz CT molecular complexity index is 1960. The fourth-order valence-electron chi connectivity index (χ4n) is 4.06. The number of aromatic carboxylic acids is 1. The maximum absolute atomic E-state index is 11.5. The van der Waals surface area contributed by atoms with Crippen LogP contribution in [0.4, 0.5) is 17.1 Å². The first kappa shape index (κ1) is 36.9. The lowest BCUT2D eigenvalue weighted by molar-refractivity contribution is -0.385. The van der Waals surface area contributed by atoms with E-state index in [4.69, 9.17) is 10.8 Å². The number of nitrogens with zero attached hydrogens (tertiary/aromatic N) is 4. The third-order valence-corrected chi connectivity index (χ3v) is 6.75. The minimum Gasteiger partial charge on any atom is -0.478 e. The number of carboxylic acid groups (broad SMARTS) is 1. The number of esters is 2. The quantitative estimate of drug-likeness (QED) is 0.0777. The van der Waals surface area contributed by atoms with Gasteiger partial charge in [0.2, 0.25) is 0 Å². The van der Waals surface area contributed by atoms with Gasteiger partial charge in [0.15, 0.2) is 0 Å². The number of halogens is 1. The molecule has 250 valence electrons. The van der Waals surface area contributed by atoms with Crippen molar-refractivity contribution in [2.45, 2.75) is 0 Å². The van der Waals surface area contributed by atoms with E-state index in [0.29, 0.717) is 21.3 Å². The number of carbonyl (C=O) groups is 3. The summed E-state index contributed by atoms with van der Waals surface area (Å²) in [4.78, 5) is 61.3. The van der Waals surface area contributed by atoms with Crippen LogP contribution in [0.2, 0.25) is 0 Å². The average Bonchev–Trinajstić information content (AvgIpc) is 3.11. The number of anilines is 1. The summed E-state index contributed by atoms with van der Waals surface area (Å²) >= 11 is 2.98. The molecule has 2 heterocycles. The molecule has 0 saturated carbocycles. The van der Waals surface area contributed by atoms with E-state index in [2.05, 4.69) is 35.4 Å². The molecule has 0 bridgehead atoms. The molecule has 0 fully saturated rings. The normalized spacial score (nSPS) is 9.86. The molecule has 0 aliphatic heterocycles. The van der Waals surface area contributed by atoms with Gasteiger partial charge in [0.25, 0.3) is 11.4 Å². The molecule has 0 saturated heterocycles. The number of ether oxygens (including phenoxy) is 2. The van der Waals surface area contributed by atoms with E-state index in [0.717, 1.165) is 22.8 Å². The van der Waals surface area contributed by atoms with E-state index in [9.17, 15) is 34.6 Å². The lowest BCUT2D eigenvalue weighted by atomic mass is 10.0. The molecule has 0 unspecified atom stereocenters. The molecule has 5 aromatic rings. The second kappa shape index (κ2) is 17.4. The summed E-state index contributed by atoms with van der Waals surface area (Å²) in [5, 5.41) is 29.8. The number of methoxy groups -OCH3 is 2. The van der Waals surface area contributed by atoms with Crippen molar-refractivity contribution in [3.05, 3.63) is 145 Å². The Morgan fingerprint density at radius 3 is 1.53 bits per heavy atom. The molecule has 49 heavy (non-hydrogen) atoms. The van der Waals surface area contributed by atoms with Gasteiger partial charge in [-0.3, -0.25) is 30.2 Å². The number of nitrogens with two attached hydrogens (primary N) is 1. The standard InChI is InChI=1S/C13H10N2O4.C13H12N2O2.C7H4BrNO4/c1-19-13(16)11-6-10(7-12(8-11)15(17)18)9-2-4-14-5-3-9;1-17-13(16)11-6-10(7-12(14)8-11)9-2-4-15-5-3-9;8-5-1-4(7(10)11)2-6(3-5)9(12)13/h2-8H,1H3;2-8H,14H2,1H3;1-3H,(H,10,11). The van der Waals surface area contributed by atoms with Crippen LogP contribution in [0.15, 0.2) is 108 Å². The van der Waals surface area contributed by atoms with Crippen LogP contribution in [0.1, 0.15) is 31.1 Å². The van der Waals surface area contributed by atoms with Crippen molar-refractivity contribution < 1.29 is 38.8 Å². The Kier molecular flexibility index (Phi) is 13.1. The summed E-state index contributed by atoms with van der Waals surface area (Å²) in [5.74, 6) is -2.20. The second-order valence-electron chi connectivity index (χ2n) is 9.58. The number of non-ortho nitro benzene ring substituents is 2. The minimum atomic E-state index is -1.19. The van der Waals surface area contributed by atoms with Crippen LogP contribution >= 0.6 is 15.9 Å². The van der Waals surface area contributed by atoms with Crippen LogP contribution in [-0.2, 0) is 9.47 Å². The van der Waals surface area contributed by atoms with Crippen LogP contribution in [0.25, 0.3) is 22.3 Å². The summed E-state index contributed by atoms with van der Waals surface area (Å²) in [7, 11) is 2.57. The van der Waals surface area contributed by atoms with Gasteiger partial charge in [-0.05, 0) is 76.9 Å². The lowest BCUT2D eigenvalue weighted by Crippen LogP contribution is -2.02. The molecule has 5 rings (SSSR count). The largest absolute Gasteiger partial charge is 0.478 e. The zero-order chi connectivity index (χ0) is 36.1. The zero-order valence-corrected chi connectivity index (χ0v) is 27.3. The number of benzene rings is 3. The number of hydrogen-bond donors (Lipinski definition) is 2. The second-order valence-corrected chi connectivity index (χ2v) is 10.5. The molecule has 0 aliphatic carbocycles. The van der Waals surface area contributed by atoms with Gasteiger partial charge < -0.3 is 20.3 Å². The van der Waals surface area contributed by atoms with Crippen LogP contribution in [-0.4, -0.2) is 57.0 Å². The Balaban J connectivity index is 0.000000203. The van der Waals surface area contributed by atoms with E-state index in [-0.39, 0.29) is 22.5 Å². The van der Waals surface area contributed by atoms with Crippen molar-refractivity contribution in [2.75, 3.05) is 20.0 Å². The smallest absolute Gasteiger partial charge is 0.338 e. The molecule has 0 atom stereocenters. The summed E-state index contributed by atoms with van der Waals surface area (Å²) in [6.45, 7) is 0. The highest BCUT2D eigenvalue weighted by Gasteiger charge is 2.16. The van der Waals surface area contributed by atoms with Gasteiger partial charge in [-0.1, -0.05) is 15.9 Å². The predicted molar refractivity (Wildman–Crippen MR) is 181 cm³/mol. The maximum Gasteiger partial charge on any atom is 0.338 e. The number of pyridine rings is 2. The monoisotopic (exact) mass is 731 g/mol. The molecular weight excluding hydrogens is 706 g/mol. The first-order valence-electron chi connectivity index (χ1n) is 13.7. The molecule has 3 N–H and O–H groups in total. The molecule has 2 aromatic heterocycles. The molecule has 3 aromatic carbocycles. The highest BCUT2D eigenvalue weighted by molar-refractivity contribution is 9.10. The van der Waals surface area contributed by atoms with Gasteiger partial charge in [0.1, 0.15) is 0 Å². The van der Waals surface area contributed by atoms with E-state index >= 15 is 0 Å². The number of rotatable bonds is 7. The van der Waals surface area contributed by atoms with E-state index < -0.39 is 27.8 Å². The Hall–Kier alpha value is -6.55. The number of hydrogen-bond acceptors (Lipinski definition) is 12. The minimum absolute atomic E-state index is 0.110. The number of aromatic nitrogens is 2. The third-order valence-electron chi connectivity index (χ3n) is 6.29. The van der Waals surface area contributed by atoms with E-state index in [1.807, 2.05) is 18.2 Å². The number of nitro benzene ring substituents is 2. The first-order chi connectivity index (χ1) is 23.3. The SMILES string of the molecule is COC(=O)c1cc(-c2ccncc2)cc([N+](=O)[O-])c1.COC(=O)c1cc(N)cc(-c2ccncc2)c1.O=C(O)c1cc(Br)cc([N+](=O)[O-])c1. The summed E-state index contributed by atoms with van der Waals surface area (Å²) in [6.07, 6.45) is 6.53.